The monoisotopic (exact) mass is 515 g/mol. The molecule has 37 heavy (non-hydrogen) atoms. The molecule has 5 rings (SSSR count). The largest absolute Gasteiger partial charge is 0.505 e. The number of halogens is 1. The quantitative estimate of drug-likeness (QED) is 0.262. The number of nitrogens with one attached hydrogen (secondary N) is 2. The second kappa shape index (κ2) is 10.6. The first-order valence-corrected chi connectivity index (χ1v) is 13.0. The minimum absolute atomic E-state index is 0.0957. The fourth-order valence-electron chi connectivity index (χ4n) is 4.78. The molecule has 188 valence electrons. The van der Waals surface area contributed by atoms with Crippen molar-refractivity contribution < 1.29 is 19.1 Å². The summed E-state index contributed by atoms with van der Waals surface area (Å²) >= 11 is 1.50. The van der Waals surface area contributed by atoms with E-state index in [2.05, 4.69) is 15.3 Å². The van der Waals surface area contributed by atoms with Crippen LogP contribution in [0.4, 0.5) is 10.2 Å². The Hall–Kier alpha value is -3.91. The third kappa shape index (κ3) is 5.59. The fourth-order valence-corrected chi connectivity index (χ4v) is 5.81. The molecule has 3 N–H and O–H groups in total. The summed E-state index contributed by atoms with van der Waals surface area (Å²) in [6.07, 6.45) is 3.36. The smallest absolute Gasteiger partial charge is 0.222 e. The van der Waals surface area contributed by atoms with Gasteiger partial charge in [-0.25, -0.2) is 9.37 Å². The number of benzene rings is 2. The number of anilines is 1. The van der Waals surface area contributed by atoms with Gasteiger partial charge >= 0.3 is 0 Å². The Bertz CT molecular complexity index is 1470. The lowest BCUT2D eigenvalue weighted by molar-refractivity contribution is -0.114. The average Bonchev–Trinajstić information content (AvgIpc) is 3.24. The zero-order valence-corrected chi connectivity index (χ0v) is 21.1. The van der Waals surface area contributed by atoms with Crippen molar-refractivity contribution in [2.45, 2.75) is 31.1 Å². The Kier molecular flexibility index (Phi) is 7.10. The fraction of sp³-hybridized carbons (Fsp3) is 0.207. The van der Waals surface area contributed by atoms with E-state index in [1.165, 1.54) is 30.8 Å². The molecule has 1 aliphatic rings. The Morgan fingerprint density at radius 2 is 1.97 bits per heavy atom. The van der Waals surface area contributed by atoms with Gasteiger partial charge in [0.05, 0.1) is 5.69 Å². The van der Waals surface area contributed by atoms with Crippen LogP contribution in [0.15, 0.2) is 71.8 Å². The number of aromatic hydroxyl groups is 1. The number of carbonyl (C=O) groups excluding carboxylic acids is 2. The Morgan fingerprint density at radius 1 is 1.16 bits per heavy atom. The number of aromatic nitrogens is 2. The minimum Gasteiger partial charge on any atom is -0.505 e. The van der Waals surface area contributed by atoms with Crippen LogP contribution in [-0.2, 0) is 17.6 Å². The highest BCUT2D eigenvalue weighted by atomic mass is 32.2. The van der Waals surface area contributed by atoms with E-state index in [0.717, 1.165) is 38.5 Å². The number of carbonyl (C=O) groups is 2. The molecule has 2 aromatic carbocycles. The molecule has 0 saturated carbocycles. The Labute approximate surface area is 218 Å². The highest BCUT2D eigenvalue weighted by molar-refractivity contribution is 7.99. The van der Waals surface area contributed by atoms with E-state index in [4.69, 9.17) is 0 Å². The zero-order chi connectivity index (χ0) is 25.9. The number of amides is 1. The van der Waals surface area contributed by atoms with Gasteiger partial charge in [0, 0.05) is 53.4 Å². The number of rotatable bonds is 7. The lowest BCUT2D eigenvalue weighted by Crippen LogP contribution is -2.22. The highest BCUT2D eigenvalue weighted by Crippen LogP contribution is 2.38. The first kappa shape index (κ1) is 24.8. The van der Waals surface area contributed by atoms with Gasteiger partial charge in [-0.05, 0) is 53.8 Å². The number of thioether (sulfide) groups is 1. The van der Waals surface area contributed by atoms with Crippen molar-refractivity contribution in [3.05, 3.63) is 95.1 Å². The minimum atomic E-state index is -0.649. The maximum atomic E-state index is 13.5. The van der Waals surface area contributed by atoms with Crippen molar-refractivity contribution in [3.63, 3.8) is 0 Å². The van der Waals surface area contributed by atoms with Gasteiger partial charge in [-0.1, -0.05) is 30.3 Å². The summed E-state index contributed by atoms with van der Waals surface area (Å²) in [5, 5.41) is 12.4. The molecule has 0 aliphatic heterocycles. The molecule has 2 aromatic heterocycles. The van der Waals surface area contributed by atoms with Crippen LogP contribution in [0.3, 0.4) is 0 Å². The van der Waals surface area contributed by atoms with E-state index in [0.29, 0.717) is 30.8 Å². The predicted molar refractivity (Wildman–Crippen MR) is 143 cm³/mol. The number of Topliss-reactive ketones (excluding diaryl/α,β-unsaturated/α-hetero) is 1. The molecule has 4 aromatic rings. The van der Waals surface area contributed by atoms with Crippen molar-refractivity contribution in [1.82, 2.24) is 9.97 Å². The highest BCUT2D eigenvalue weighted by Gasteiger charge is 2.31. The molecule has 2 heterocycles. The third-order valence-electron chi connectivity index (χ3n) is 6.41. The van der Waals surface area contributed by atoms with Crippen LogP contribution in [-0.4, -0.2) is 32.5 Å². The maximum absolute atomic E-state index is 13.5. The van der Waals surface area contributed by atoms with Gasteiger partial charge in [0.15, 0.2) is 17.3 Å². The van der Waals surface area contributed by atoms with Gasteiger partial charge in [0.25, 0.3) is 0 Å². The van der Waals surface area contributed by atoms with Crippen LogP contribution in [0.5, 0.6) is 5.75 Å². The number of pyridine rings is 1. The molecular weight excluding hydrogens is 489 g/mol. The van der Waals surface area contributed by atoms with E-state index in [-0.39, 0.29) is 23.4 Å². The number of aromatic amines is 1. The molecule has 0 fully saturated rings. The van der Waals surface area contributed by atoms with Gasteiger partial charge in [0.1, 0.15) is 5.82 Å². The molecule has 6 nitrogen and oxygen atoms in total. The Balaban J connectivity index is 1.47. The van der Waals surface area contributed by atoms with Crippen LogP contribution >= 0.6 is 11.8 Å². The number of ketones is 1. The molecule has 1 amide bonds. The van der Waals surface area contributed by atoms with E-state index in [9.17, 15) is 19.1 Å². The van der Waals surface area contributed by atoms with Crippen LogP contribution in [0, 0.1) is 11.7 Å². The number of phenols is 1. The van der Waals surface area contributed by atoms with Gasteiger partial charge in [0.2, 0.25) is 5.91 Å². The SMILES string of the molecule is CC(=O)Nc1cc(-c2[nH]c3c(c2Cc2ccccc2)C(=O)CC(CSc2ccc(F)c(O)c2)C3)ccn1. The number of H-pyrrole nitrogens is 1. The third-order valence-corrected chi connectivity index (χ3v) is 7.63. The van der Waals surface area contributed by atoms with Crippen LogP contribution in [0.2, 0.25) is 0 Å². The summed E-state index contributed by atoms with van der Waals surface area (Å²) in [7, 11) is 0. The summed E-state index contributed by atoms with van der Waals surface area (Å²) in [6, 6.07) is 18.0. The number of hydrogen-bond donors (Lipinski definition) is 3. The standard InChI is InChI=1S/C29H26FN3O3S/c1-17(34)32-27-14-20(9-10-31-27)29-22(11-18-5-3-2-4-6-18)28-24(33-29)12-19(13-26(28)36)16-37-21-7-8-23(30)25(35)15-21/h2-10,14-15,19,33,35H,11-13,16H2,1H3,(H,31,32,34). The summed E-state index contributed by atoms with van der Waals surface area (Å²) in [5.41, 5.74) is 5.40. The molecule has 0 saturated heterocycles. The molecule has 0 radical (unpaired) electrons. The average molecular weight is 516 g/mol. The predicted octanol–water partition coefficient (Wildman–Crippen LogP) is 6.01. The molecular formula is C29H26FN3O3S. The van der Waals surface area contributed by atoms with Gasteiger partial charge in [-0.15, -0.1) is 11.8 Å². The lowest BCUT2D eigenvalue weighted by atomic mass is 9.84. The second-order valence-electron chi connectivity index (χ2n) is 9.23. The van der Waals surface area contributed by atoms with E-state index in [1.807, 2.05) is 42.5 Å². The number of phenolic OH excluding ortho intramolecular Hbond substituents is 1. The Morgan fingerprint density at radius 3 is 2.73 bits per heavy atom. The summed E-state index contributed by atoms with van der Waals surface area (Å²) in [4.78, 5) is 33.6. The van der Waals surface area contributed by atoms with Crippen molar-refractivity contribution in [2.24, 2.45) is 5.92 Å². The normalized spacial score (nSPS) is 14.9. The zero-order valence-electron chi connectivity index (χ0n) is 20.3. The van der Waals surface area contributed by atoms with Crippen molar-refractivity contribution in [1.29, 1.82) is 0 Å². The number of nitrogens with zero attached hydrogens (tertiary/aromatic N) is 1. The second-order valence-corrected chi connectivity index (χ2v) is 10.3. The first-order chi connectivity index (χ1) is 17.9. The van der Waals surface area contributed by atoms with Gasteiger partial charge < -0.3 is 15.4 Å². The van der Waals surface area contributed by atoms with E-state index < -0.39 is 5.82 Å². The van der Waals surface area contributed by atoms with Crippen molar-refractivity contribution in [2.75, 3.05) is 11.1 Å². The molecule has 0 bridgehead atoms. The van der Waals surface area contributed by atoms with E-state index >= 15 is 0 Å². The topological polar surface area (TPSA) is 95.1 Å². The molecule has 1 atom stereocenters. The summed E-state index contributed by atoms with van der Waals surface area (Å²) < 4.78 is 13.4. The van der Waals surface area contributed by atoms with E-state index in [1.54, 1.807) is 12.3 Å². The van der Waals surface area contributed by atoms with Crippen LogP contribution in [0.25, 0.3) is 11.3 Å². The lowest BCUT2D eigenvalue weighted by Gasteiger charge is -2.22. The van der Waals surface area contributed by atoms with Crippen LogP contribution < -0.4 is 5.32 Å². The van der Waals surface area contributed by atoms with Crippen molar-refractivity contribution in [3.8, 4) is 17.0 Å². The first-order valence-electron chi connectivity index (χ1n) is 12.0. The van der Waals surface area contributed by atoms with Crippen LogP contribution in [0.1, 0.15) is 40.5 Å². The van der Waals surface area contributed by atoms with Crippen molar-refractivity contribution >= 4 is 29.3 Å². The molecule has 1 unspecified atom stereocenters. The molecule has 1 aliphatic carbocycles. The summed E-state index contributed by atoms with van der Waals surface area (Å²) in [6.45, 7) is 1.44. The molecule has 8 heteroatoms. The number of fused-ring (bicyclic) bond motifs is 1. The summed E-state index contributed by atoms with van der Waals surface area (Å²) in [5.74, 6) is 0.0861. The maximum Gasteiger partial charge on any atom is 0.222 e. The number of hydrogen-bond acceptors (Lipinski definition) is 5. The molecule has 0 spiro atoms. The van der Waals surface area contributed by atoms with Gasteiger partial charge in [-0.2, -0.15) is 0 Å². The van der Waals surface area contributed by atoms with Gasteiger partial charge in [-0.3, -0.25) is 9.59 Å².